The average molecular weight is 316 g/mol. The quantitative estimate of drug-likeness (QED) is 0.660. The zero-order chi connectivity index (χ0) is 17.8. The molecule has 4 nitrogen and oxygen atoms in total. The highest BCUT2D eigenvalue weighted by atomic mass is 16.2. The number of benzene rings is 1. The second-order valence-electron chi connectivity index (χ2n) is 4.46. The summed E-state index contributed by atoms with van der Waals surface area (Å²) in [5.41, 5.74) is 8.17. The van der Waals surface area contributed by atoms with Crippen LogP contribution in [0.5, 0.6) is 0 Å². The Labute approximate surface area is 139 Å². The molecule has 1 aliphatic rings. The highest BCUT2D eigenvalue weighted by Crippen LogP contribution is 2.24. The van der Waals surface area contributed by atoms with Crippen LogP contribution in [0.4, 0.5) is 11.4 Å². The lowest BCUT2D eigenvalue weighted by Gasteiger charge is -2.20. The molecule has 4 heteroatoms. The van der Waals surface area contributed by atoms with Crippen molar-refractivity contribution in [3.8, 4) is 0 Å². The lowest BCUT2D eigenvalue weighted by Crippen LogP contribution is -2.31. The van der Waals surface area contributed by atoms with E-state index < -0.39 is 0 Å². The van der Waals surface area contributed by atoms with E-state index in [0.717, 1.165) is 23.3 Å². The van der Waals surface area contributed by atoms with Gasteiger partial charge in [0.1, 0.15) is 0 Å². The number of carbonyl (C=O) groups excluding carboxylic acids is 2. The van der Waals surface area contributed by atoms with Crippen molar-refractivity contribution in [3.63, 3.8) is 0 Å². The van der Waals surface area contributed by atoms with Crippen LogP contribution in [-0.2, 0) is 9.59 Å². The van der Waals surface area contributed by atoms with Crippen molar-refractivity contribution in [2.75, 3.05) is 10.6 Å². The fraction of sp³-hybridized carbons (Fsp3) is 0.368. The van der Waals surface area contributed by atoms with Crippen molar-refractivity contribution in [2.24, 2.45) is 0 Å². The Bertz CT molecular complexity index is 574. The Kier molecular flexibility index (Phi) is 10.1. The van der Waals surface area contributed by atoms with E-state index in [2.05, 4.69) is 0 Å². The fourth-order valence-corrected chi connectivity index (χ4v) is 2.08. The standard InChI is InChI=1S/C15H16N2O2.2C2H6/c1-11-5-2-3-8-14(11)15(19)17(10-18)13-7-4-6-12(16)9-13;2*1-2/h4-10H,2-3,16H2,1H3;2*1-2H3. The first-order valence-electron chi connectivity index (χ1n) is 8.15. The van der Waals surface area contributed by atoms with Crippen molar-refractivity contribution >= 4 is 23.7 Å². The van der Waals surface area contributed by atoms with Gasteiger partial charge >= 0.3 is 0 Å². The van der Waals surface area contributed by atoms with E-state index in [0.29, 0.717) is 23.4 Å². The highest BCUT2D eigenvalue weighted by molar-refractivity contribution is 6.17. The van der Waals surface area contributed by atoms with Crippen molar-refractivity contribution in [1.29, 1.82) is 0 Å². The minimum atomic E-state index is -0.311. The zero-order valence-corrected chi connectivity index (χ0v) is 14.8. The second-order valence-corrected chi connectivity index (χ2v) is 4.46. The first kappa shape index (κ1) is 20.6. The molecule has 2 amide bonds. The number of rotatable bonds is 3. The number of allylic oxidation sites excluding steroid dienone is 2. The summed E-state index contributed by atoms with van der Waals surface area (Å²) >= 11 is 0. The summed E-state index contributed by atoms with van der Waals surface area (Å²) in [6.07, 6.45) is 6.17. The maximum atomic E-state index is 12.4. The van der Waals surface area contributed by atoms with Gasteiger partial charge in [0.15, 0.2) is 0 Å². The monoisotopic (exact) mass is 316 g/mol. The van der Waals surface area contributed by atoms with Crippen molar-refractivity contribution in [3.05, 3.63) is 47.6 Å². The Balaban J connectivity index is 0.00000112. The van der Waals surface area contributed by atoms with Crippen molar-refractivity contribution in [2.45, 2.75) is 47.5 Å². The number of carbonyl (C=O) groups is 2. The molecule has 0 spiro atoms. The van der Waals surface area contributed by atoms with E-state index in [1.165, 1.54) is 0 Å². The number of hydrogen-bond donors (Lipinski definition) is 1. The van der Waals surface area contributed by atoms with Gasteiger partial charge in [-0.3, -0.25) is 9.59 Å². The highest BCUT2D eigenvalue weighted by Gasteiger charge is 2.21. The molecular formula is C19H28N2O2. The Morgan fingerprint density at radius 2 is 1.74 bits per heavy atom. The Hall–Kier alpha value is -2.36. The van der Waals surface area contributed by atoms with Gasteiger partial charge in [0.2, 0.25) is 6.41 Å². The van der Waals surface area contributed by atoms with Crippen molar-refractivity contribution in [1.82, 2.24) is 0 Å². The number of imide groups is 1. The summed E-state index contributed by atoms with van der Waals surface area (Å²) in [6, 6.07) is 6.72. The van der Waals surface area contributed by atoms with Crippen LogP contribution in [-0.4, -0.2) is 12.3 Å². The van der Waals surface area contributed by atoms with E-state index in [-0.39, 0.29) is 5.91 Å². The Morgan fingerprint density at radius 1 is 1.13 bits per heavy atom. The number of amides is 2. The maximum absolute atomic E-state index is 12.4. The van der Waals surface area contributed by atoms with E-state index in [1.807, 2.05) is 46.8 Å². The van der Waals surface area contributed by atoms with E-state index >= 15 is 0 Å². The van der Waals surface area contributed by atoms with E-state index in [1.54, 1.807) is 24.3 Å². The number of nitrogens with zero attached hydrogens (tertiary/aromatic N) is 1. The topological polar surface area (TPSA) is 63.4 Å². The van der Waals surface area contributed by atoms with Crippen LogP contribution in [0.1, 0.15) is 47.5 Å². The summed E-state index contributed by atoms with van der Waals surface area (Å²) < 4.78 is 0. The predicted molar refractivity (Wildman–Crippen MR) is 98.2 cm³/mol. The van der Waals surface area contributed by atoms with Gasteiger partial charge in [-0.05, 0) is 43.5 Å². The number of hydrogen-bond acceptors (Lipinski definition) is 3. The largest absolute Gasteiger partial charge is 0.399 e. The van der Waals surface area contributed by atoms with Gasteiger partial charge in [0.25, 0.3) is 5.91 Å². The first-order chi connectivity index (χ1) is 11.1. The SMILES string of the molecule is CC.CC.CC1=CCCC=C1C(=O)N(C=O)c1cccc(N)c1. The van der Waals surface area contributed by atoms with Crippen LogP contribution in [0, 0.1) is 0 Å². The van der Waals surface area contributed by atoms with Gasteiger partial charge in [-0.15, -0.1) is 0 Å². The predicted octanol–water partition coefficient (Wildman–Crippen LogP) is 4.48. The molecule has 0 unspecified atom stereocenters. The third kappa shape index (κ3) is 5.74. The number of anilines is 2. The molecule has 0 heterocycles. The van der Waals surface area contributed by atoms with Crippen LogP contribution in [0.3, 0.4) is 0 Å². The third-order valence-corrected chi connectivity index (χ3v) is 3.09. The second kappa shape index (κ2) is 11.2. The Morgan fingerprint density at radius 3 is 2.26 bits per heavy atom. The molecule has 2 rings (SSSR count). The summed E-state index contributed by atoms with van der Waals surface area (Å²) in [5, 5.41) is 0. The van der Waals surface area contributed by atoms with Gasteiger partial charge in [-0.2, -0.15) is 0 Å². The molecule has 0 aromatic heterocycles. The molecule has 1 aromatic carbocycles. The molecule has 1 aromatic rings. The van der Waals surface area contributed by atoms with E-state index in [4.69, 9.17) is 5.73 Å². The molecule has 126 valence electrons. The van der Waals surface area contributed by atoms with Gasteiger partial charge < -0.3 is 5.73 Å². The van der Waals surface area contributed by atoms with Gasteiger partial charge in [0.05, 0.1) is 5.69 Å². The van der Waals surface area contributed by atoms with Gasteiger partial charge in [-0.25, -0.2) is 4.90 Å². The maximum Gasteiger partial charge on any atom is 0.264 e. The molecule has 0 radical (unpaired) electrons. The van der Waals surface area contributed by atoms with Crippen LogP contribution >= 0.6 is 0 Å². The average Bonchev–Trinajstić information content (AvgIpc) is 2.59. The van der Waals surface area contributed by atoms with Crippen LogP contribution in [0.15, 0.2) is 47.6 Å². The van der Waals surface area contributed by atoms with Crippen molar-refractivity contribution < 1.29 is 9.59 Å². The normalized spacial score (nSPS) is 12.4. The van der Waals surface area contributed by atoms with Gasteiger partial charge in [-0.1, -0.05) is 45.9 Å². The van der Waals surface area contributed by atoms with Gasteiger partial charge in [0, 0.05) is 11.3 Å². The number of nitrogens with two attached hydrogens (primary N) is 1. The van der Waals surface area contributed by atoms with Crippen LogP contribution < -0.4 is 10.6 Å². The molecule has 2 N–H and O–H groups in total. The molecule has 1 aliphatic carbocycles. The minimum absolute atomic E-state index is 0.311. The summed E-state index contributed by atoms with van der Waals surface area (Å²) in [7, 11) is 0. The molecule has 0 fully saturated rings. The molecule has 0 saturated carbocycles. The van der Waals surface area contributed by atoms with Crippen LogP contribution in [0.2, 0.25) is 0 Å². The molecule has 0 bridgehead atoms. The summed E-state index contributed by atoms with van der Waals surface area (Å²) in [4.78, 5) is 24.7. The smallest absolute Gasteiger partial charge is 0.264 e. The molecule has 23 heavy (non-hydrogen) atoms. The summed E-state index contributed by atoms with van der Waals surface area (Å²) in [5.74, 6) is -0.311. The molecule has 0 saturated heterocycles. The molecule has 0 atom stereocenters. The molecular weight excluding hydrogens is 288 g/mol. The molecule has 0 aliphatic heterocycles. The zero-order valence-electron chi connectivity index (χ0n) is 14.8. The minimum Gasteiger partial charge on any atom is -0.399 e. The van der Waals surface area contributed by atoms with E-state index in [9.17, 15) is 9.59 Å². The fourth-order valence-electron chi connectivity index (χ4n) is 2.08. The summed E-state index contributed by atoms with van der Waals surface area (Å²) in [6.45, 7) is 9.88. The lowest BCUT2D eigenvalue weighted by molar-refractivity contribution is -0.119. The van der Waals surface area contributed by atoms with Crippen LogP contribution in [0.25, 0.3) is 0 Å². The lowest BCUT2D eigenvalue weighted by atomic mass is 9.98. The first-order valence-corrected chi connectivity index (χ1v) is 8.15. The third-order valence-electron chi connectivity index (χ3n) is 3.09. The number of nitrogen functional groups attached to an aromatic ring is 1.